The Labute approximate surface area is 181 Å². The molecule has 164 valence electrons. The van der Waals surface area contributed by atoms with Crippen LogP contribution < -0.4 is 14.4 Å². The molecule has 0 unspecified atom stereocenters. The number of thiazole rings is 1. The summed E-state index contributed by atoms with van der Waals surface area (Å²) < 4.78 is 32.7. The highest BCUT2D eigenvalue weighted by atomic mass is 32.2. The van der Waals surface area contributed by atoms with E-state index in [1.54, 1.807) is 23.5 Å². The molecular weight excluding hydrogens is 424 g/mol. The number of hydrogen-bond acceptors (Lipinski definition) is 7. The molecule has 1 saturated heterocycles. The number of carbonyl (C=O) groups excluding carboxylic acids is 1. The van der Waals surface area contributed by atoms with E-state index in [2.05, 4.69) is 14.6 Å². The lowest BCUT2D eigenvalue weighted by Gasteiger charge is -2.21. The molecule has 2 heterocycles. The van der Waals surface area contributed by atoms with Gasteiger partial charge < -0.3 is 14.5 Å². The van der Waals surface area contributed by atoms with Crippen molar-refractivity contribution in [2.75, 3.05) is 44.2 Å². The first-order valence-electron chi connectivity index (χ1n) is 10.1. The number of nitrogens with one attached hydrogen (secondary N) is 1. The number of ether oxygens (including phenoxy) is 1. The second-order valence-electron chi connectivity index (χ2n) is 7.05. The molecule has 1 N–H and O–H groups in total. The van der Waals surface area contributed by atoms with E-state index < -0.39 is 10.0 Å². The Balaban J connectivity index is 1.48. The molecule has 30 heavy (non-hydrogen) atoms. The van der Waals surface area contributed by atoms with Crippen LogP contribution in [0.15, 0.2) is 34.5 Å². The van der Waals surface area contributed by atoms with Gasteiger partial charge in [-0.25, -0.2) is 18.1 Å². The van der Waals surface area contributed by atoms with Crippen LogP contribution in [0.5, 0.6) is 5.75 Å². The van der Waals surface area contributed by atoms with Crippen LogP contribution in [0.1, 0.15) is 25.5 Å². The predicted molar refractivity (Wildman–Crippen MR) is 118 cm³/mol. The zero-order chi connectivity index (χ0) is 21.6. The highest BCUT2D eigenvalue weighted by molar-refractivity contribution is 7.89. The average molecular weight is 453 g/mol. The molecule has 2 aromatic rings. The summed E-state index contributed by atoms with van der Waals surface area (Å²) in [6.07, 6.45) is 0.995. The standard InChI is InChI=1S/C20H28N4O4S2/c1-3-28-17-5-7-18(8-6-17)30(26,27)21-10-9-19(25)23-11-4-12-24(14-13-23)20-22-16(2)15-29-20/h5-8,15,21H,3-4,9-14H2,1-2H3. The largest absolute Gasteiger partial charge is 0.494 e. The van der Waals surface area contributed by atoms with Crippen molar-refractivity contribution in [2.45, 2.75) is 31.6 Å². The van der Waals surface area contributed by atoms with Crippen LogP contribution in [-0.4, -0.2) is 63.5 Å². The van der Waals surface area contributed by atoms with Gasteiger partial charge in [0.1, 0.15) is 5.75 Å². The molecule has 0 aliphatic carbocycles. The fraction of sp³-hybridized carbons (Fsp3) is 0.500. The molecule has 3 rings (SSSR count). The summed E-state index contributed by atoms with van der Waals surface area (Å²) in [6.45, 7) is 7.31. The number of hydrogen-bond donors (Lipinski definition) is 1. The van der Waals surface area contributed by atoms with Crippen LogP contribution in [0.3, 0.4) is 0 Å². The number of sulfonamides is 1. The fourth-order valence-electron chi connectivity index (χ4n) is 3.26. The topological polar surface area (TPSA) is 91.8 Å². The number of aryl methyl sites for hydroxylation is 1. The van der Waals surface area contributed by atoms with Crippen molar-refractivity contribution in [3.8, 4) is 5.75 Å². The Hall–Kier alpha value is -2.17. The summed E-state index contributed by atoms with van der Waals surface area (Å²) in [5.41, 5.74) is 1.01. The SMILES string of the molecule is CCOc1ccc(S(=O)(=O)NCCC(=O)N2CCCN(c3nc(C)cs3)CC2)cc1. The Morgan fingerprint density at radius 2 is 1.97 bits per heavy atom. The van der Waals surface area contributed by atoms with E-state index in [-0.39, 0.29) is 23.8 Å². The first-order valence-corrected chi connectivity index (χ1v) is 12.4. The van der Waals surface area contributed by atoms with Crippen LogP contribution in [0.4, 0.5) is 5.13 Å². The monoisotopic (exact) mass is 452 g/mol. The number of anilines is 1. The zero-order valence-corrected chi connectivity index (χ0v) is 19.0. The van der Waals surface area contributed by atoms with E-state index in [1.807, 2.05) is 24.1 Å². The van der Waals surface area contributed by atoms with E-state index in [9.17, 15) is 13.2 Å². The highest BCUT2D eigenvalue weighted by Gasteiger charge is 2.21. The minimum absolute atomic E-state index is 0.0402. The molecule has 0 bridgehead atoms. The van der Waals surface area contributed by atoms with Crippen LogP contribution in [-0.2, 0) is 14.8 Å². The number of benzene rings is 1. The van der Waals surface area contributed by atoms with Gasteiger partial charge in [0, 0.05) is 44.5 Å². The van der Waals surface area contributed by atoms with E-state index in [1.165, 1.54) is 12.1 Å². The fourth-order valence-corrected chi connectivity index (χ4v) is 5.15. The maximum absolute atomic E-state index is 12.6. The van der Waals surface area contributed by atoms with Gasteiger partial charge in [0.2, 0.25) is 15.9 Å². The molecular formula is C20H28N4O4S2. The van der Waals surface area contributed by atoms with Crippen LogP contribution in [0.25, 0.3) is 0 Å². The molecule has 1 aromatic carbocycles. The van der Waals surface area contributed by atoms with Gasteiger partial charge in [0.05, 0.1) is 17.2 Å². The maximum Gasteiger partial charge on any atom is 0.240 e. The first-order chi connectivity index (χ1) is 14.4. The second kappa shape index (κ2) is 10.2. The molecule has 1 aliphatic rings. The molecule has 8 nitrogen and oxygen atoms in total. The average Bonchev–Trinajstić information content (AvgIpc) is 3.00. The maximum atomic E-state index is 12.6. The molecule has 10 heteroatoms. The normalized spacial score (nSPS) is 15.1. The molecule has 1 aliphatic heterocycles. The van der Waals surface area contributed by atoms with E-state index in [0.29, 0.717) is 25.4 Å². The van der Waals surface area contributed by atoms with Gasteiger partial charge >= 0.3 is 0 Å². The van der Waals surface area contributed by atoms with Gasteiger partial charge in [0.25, 0.3) is 0 Å². The smallest absolute Gasteiger partial charge is 0.240 e. The lowest BCUT2D eigenvalue weighted by molar-refractivity contribution is -0.130. The molecule has 0 atom stereocenters. The summed E-state index contributed by atoms with van der Waals surface area (Å²) in [4.78, 5) is 21.3. The molecule has 0 saturated carbocycles. The summed E-state index contributed by atoms with van der Waals surface area (Å²) in [5.74, 6) is 0.580. The quantitative estimate of drug-likeness (QED) is 0.661. The van der Waals surface area contributed by atoms with Gasteiger partial charge in [-0.2, -0.15) is 0 Å². The molecule has 1 amide bonds. The summed E-state index contributed by atoms with van der Waals surface area (Å²) in [7, 11) is -3.66. The Kier molecular flexibility index (Phi) is 7.68. The summed E-state index contributed by atoms with van der Waals surface area (Å²) in [5, 5.41) is 3.02. The van der Waals surface area contributed by atoms with Crippen molar-refractivity contribution < 1.29 is 17.9 Å². The lowest BCUT2D eigenvalue weighted by atomic mass is 10.3. The summed E-state index contributed by atoms with van der Waals surface area (Å²) in [6, 6.07) is 6.24. The van der Waals surface area contributed by atoms with E-state index in [4.69, 9.17) is 4.74 Å². The van der Waals surface area contributed by atoms with E-state index in [0.717, 1.165) is 30.3 Å². The third-order valence-electron chi connectivity index (χ3n) is 4.80. The van der Waals surface area contributed by atoms with Gasteiger partial charge in [-0.15, -0.1) is 11.3 Å². The predicted octanol–water partition coefficient (Wildman–Crippen LogP) is 2.26. The minimum Gasteiger partial charge on any atom is -0.494 e. The summed E-state index contributed by atoms with van der Waals surface area (Å²) >= 11 is 1.62. The number of aromatic nitrogens is 1. The van der Waals surface area contributed by atoms with Crippen molar-refractivity contribution in [1.82, 2.24) is 14.6 Å². The van der Waals surface area contributed by atoms with Crippen molar-refractivity contribution in [2.24, 2.45) is 0 Å². The van der Waals surface area contributed by atoms with Crippen molar-refractivity contribution in [3.63, 3.8) is 0 Å². The minimum atomic E-state index is -3.66. The Morgan fingerprint density at radius 1 is 1.20 bits per heavy atom. The molecule has 1 fully saturated rings. The van der Waals surface area contributed by atoms with Gasteiger partial charge in [-0.3, -0.25) is 4.79 Å². The van der Waals surface area contributed by atoms with Gasteiger partial charge in [0.15, 0.2) is 5.13 Å². The molecule has 0 spiro atoms. The number of rotatable bonds is 8. The van der Waals surface area contributed by atoms with Crippen LogP contribution >= 0.6 is 11.3 Å². The molecule has 1 aromatic heterocycles. The lowest BCUT2D eigenvalue weighted by Crippen LogP contribution is -2.37. The second-order valence-corrected chi connectivity index (χ2v) is 9.65. The third-order valence-corrected chi connectivity index (χ3v) is 7.30. The van der Waals surface area contributed by atoms with Crippen molar-refractivity contribution in [1.29, 1.82) is 0 Å². The number of carbonyl (C=O) groups is 1. The first kappa shape index (κ1) is 22.5. The van der Waals surface area contributed by atoms with Crippen molar-refractivity contribution >= 4 is 32.4 Å². The number of amides is 1. The number of nitrogens with zero attached hydrogens (tertiary/aromatic N) is 3. The Morgan fingerprint density at radius 3 is 2.63 bits per heavy atom. The zero-order valence-electron chi connectivity index (χ0n) is 17.3. The van der Waals surface area contributed by atoms with Gasteiger partial charge in [-0.1, -0.05) is 0 Å². The Bertz CT molecular complexity index is 944. The van der Waals surface area contributed by atoms with Crippen LogP contribution in [0.2, 0.25) is 0 Å². The highest BCUT2D eigenvalue weighted by Crippen LogP contribution is 2.21. The molecule has 0 radical (unpaired) electrons. The van der Waals surface area contributed by atoms with E-state index >= 15 is 0 Å². The van der Waals surface area contributed by atoms with Crippen LogP contribution in [0, 0.1) is 6.92 Å². The van der Waals surface area contributed by atoms with Gasteiger partial charge in [-0.05, 0) is 44.5 Å². The third kappa shape index (κ3) is 5.93. The van der Waals surface area contributed by atoms with Crippen molar-refractivity contribution in [3.05, 3.63) is 35.3 Å².